The number of nitrogens with one attached hydrogen (secondary N) is 1. The minimum Gasteiger partial charge on any atom is -0.489 e. The van der Waals surface area contributed by atoms with Crippen molar-refractivity contribution < 1.29 is 14.3 Å². The molecule has 1 aliphatic rings. The van der Waals surface area contributed by atoms with Crippen LogP contribution >= 0.6 is 35.0 Å². The summed E-state index contributed by atoms with van der Waals surface area (Å²) in [5.74, 6) is 1.37. The van der Waals surface area contributed by atoms with Crippen molar-refractivity contribution in [3.63, 3.8) is 0 Å². The second kappa shape index (κ2) is 12.2. The number of carbonyl (C=O) groups excluding carboxylic acids is 1. The van der Waals surface area contributed by atoms with Crippen LogP contribution in [0.1, 0.15) is 36.6 Å². The topological polar surface area (TPSA) is 78.3 Å². The first-order valence-electron chi connectivity index (χ1n) is 12.4. The quantitative estimate of drug-likeness (QED) is 0.164. The highest BCUT2D eigenvalue weighted by Crippen LogP contribution is 2.38. The molecule has 39 heavy (non-hydrogen) atoms. The molecule has 5 rings (SSSR count). The van der Waals surface area contributed by atoms with E-state index in [2.05, 4.69) is 5.32 Å². The molecule has 0 saturated carbocycles. The zero-order chi connectivity index (χ0) is 27.4. The van der Waals surface area contributed by atoms with Crippen molar-refractivity contribution in [2.75, 3.05) is 11.9 Å². The predicted octanol–water partition coefficient (Wildman–Crippen LogP) is 7.31. The van der Waals surface area contributed by atoms with Gasteiger partial charge in [0.25, 0.3) is 0 Å². The average molecular weight is 582 g/mol. The van der Waals surface area contributed by atoms with E-state index in [1.165, 1.54) is 11.8 Å². The highest BCUT2D eigenvalue weighted by atomic mass is 35.5. The van der Waals surface area contributed by atoms with Crippen molar-refractivity contribution in [2.24, 2.45) is 0 Å². The van der Waals surface area contributed by atoms with Crippen molar-refractivity contribution in [1.29, 1.82) is 0 Å². The second-order valence-electron chi connectivity index (χ2n) is 8.78. The van der Waals surface area contributed by atoms with Gasteiger partial charge >= 0.3 is 5.97 Å². The maximum absolute atomic E-state index is 13.1. The van der Waals surface area contributed by atoms with E-state index in [0.717, 1.165) is 16.7 Å². The Labute approximate surface area is 241 Å². The smallest absolute Gasteiger partial charge is 0.338 e. The molecule has 0 spiro atoms. The first-order chi connectivity index (χ1) is 18.9. The fraction of sp³-hybridized carbons (Fsp3) is 0.207. The van der Waals surface area contributed by atoms with Gasteiger partial charge in [0.2, 0.25) is 11.1 Å². The number of nitrogens with zero attached hydrogens (tertiary/aromatic N) is 3. The van der Waals surface area contributed by atoms with Crippen molar-refractivity contribution in [1.82, 2.24) is 14.8 Å². The highest BCUT2D eigenvalue weighted by Gasteiger charge is 2.35. The normalized spacial score (nSPS) is 14.5. The summed E-state index contributed by atoms with van der Waals surface area (Å²) < 4.78 is 13.2. The van der Waals surface area contributed by atoms with Crippen molar-refractivity contribution in [3.05, 3.63) is 111 Å². The third-order valence-corrected chi connectivity index (χ3v) is 7.79. The largest absolute Gasteiger partial charge is 0.489 e. The van der Waals surface area contributed by atoms with E-state index in [4.69, 9.17) is 42.8 Å². The fourth-order valence-electron chi connectivity index (χ4n) is 4.28. The Kier molecular flexibility index (Phi) is 8.45. The molecule has 0 saturated heterocycles. The van der Waals surface area contributed by atoms with Crippen LogP contribution in [0.2, 0.25) is 10.0 Å². The number of aromatic nitrogens is 3. The molecule has 0 aliphatic carbocycles. The molecular formula is C29H26Cl2N4O3S. The third-order valence-electron chi connectivity index (χ3n) is 6.17. The highest BCUT2D eigenvalue weighted by molar-refractivity contribution is 7.98. The standard InChI is InChI=1S/C29H26Cl2N4O3S/c1-3-37-27(36)25-18(2)32-28-33-29(39-17-21-10-5-7-14-24(21)31)34-35(28)26(25)19-11-8-12-22(15-19)38-16-20-9-4-6-13-23(20)30/h4-15,26H,3,16-17H2,1-2H3,(H,32,33,34). The van der Waals surface area contributed by atoms with Gasteiger partial charge in [0.15, 0.2) is 0 Å². The van der Waals surface area contributed by atoms with E-state index in [-0.39, 0.29) is 6.61 Å². The molecule has 0 amide bonds. The lowest BCUT2D eigenvalue weighted by molar-refractivity contribution is -0.139. The van der Waals surface area contributed by atoms with E-state index < -0.39 is 12.0 Å². The maximum atomic E-state index is 13.1. The Balaban J connectivity index is 1.46. The van der Waals surface area contributed by atoms with Gasteiger partial charge in [0, 0.05) is 27.1 Å². The predicted molar refractivity (Wildman–Crippen MR) is 154 cm³/mol. The van der Waals surface area contributed by atoms with Crippen LogP contribution in [0.5, 0.6) is 5.75 Å². The van der Waals surface area contributed by atoms with Crippen LogP contribution in [0.15, 0.2) is 89.2 Å². The molecule has 1 aromatic heterocycles. The molecule has 0 bridgehead atoms. The maximum Gasteiger partial charge on any atom is 0.338 e. The Bertz CT molecular complexity index is 1540. The summed E-state index contributed by atoms with van der Waals surface area (Å²) in [6, 6.07) is 22.3. The minimum atomic E-state index is -0.564. The van der Waals surface area contributed by atoms with Crippen LogP contribution < -0.4 is 10.1 Å². The summed E-state index contributed by atoms with van der Waals surface area (Å²) in [6.45, 7) is 4.19. The van der Waals surface area contributed by atoms with Gasteiger partial charge in [-0.2, -0.15) is 4.98 Å². The van der Waals surface area contributed by atoms with Crippen LogP contribution in [0.3, 0.4) is 0 Å². The third kappa shape index (κ3) is 6.08. The van der Waals surface area contributed by atoms with Crippen molar-refractivity contribution in [3.8, 4) is 5.75 Å². The Morgan fingerprint density at radius 2 is 1.74 bits per heavy atom. The lowest BCUT2D eigenvalue weighted by Gasteiger charge is -2.28. The number of hydrogen-bond donors (Lipinski definition) is 1. The monoisotopic (exact) mass is 580 g/mol. The summed E-state index contributed by atoms with van der Waals surface area (Å²) in [5.41, 5.74) is 3.80. The van der Waals surface area contributed by atoms with Gasteiger partial charge in [-0.25, -0.2) is 9.48 Å². The second-order valence-corrected chi connectivity index (χ2v) is 10.5. The zero-order valence-electron chi connectivity index (χ0n) is 21.4. The van der Waals surface area contributed by atoms with Gasteiger partial charge in [0.05, 0.1) is 12.2 Å². The average Bonchev–Trinajstić information content (AvgIpc) is 3.34. The number of benzene rings is 3. The Morgan fingerprint density at radius 1 is 1.03 bits per heavy atom. The Hall–Kier alpha value is -3.46. The Morgan fingerprint density at radius 3 is 2.46 bits per heavy atom. The number of thioether (sulfide) groups is 1. The van der Waals surface area contributed by atoms with Gasteiger partial charge < -0.3 is 14.8 Å². The molecule has 3 aromatic carbocycles. The molecule has 200 valence electrons. The fourth-order valence-corrected chi connectivity index (χ4v) is 5.59. The molecule has 1 aliphatic heterocycles. The molecule has 2 heterocycles. The zero-order valence-corrected chi connectivity index (χ0v) is 23.7. The van der Waals surface area contributed by atoms with E-state index >= 15 is 0 Å². The molecule has 4 aromatic rings. The summed E-state index contributed by atoms with van der Waals surface area (Å²) >= 11 is 14.1. The van der Waals surface area contributed by atoms with E-state index in [1.807, 2.05) is 79.7 Å². The number of anilines is 1. The van der Waals surface area contributed by atoms with E-state index in [9.17, 15) is 4.79 Å². The molecule has 7 nitrogen and oxygen atoms in total. The summed E-state index contributed by atoms with van der Waals surface area (Å²) in [5, 5.41) is 9.91. The number of fused-ring (bicyclic) bond motifs is 1. The van der Waals surface area contributed by atoms with Gasteiger partial charge in [0.1, 0.15) is 18.4 Å². The van der Waals surface area contributed by atoms with Gasteiger partial charge in [-0.05, 0) is 49.2 Å². The number of carbonyl (C=O) groups is 1. The molecular weight excluding hydrogens is 555 g/mol. The molecule has 1 unspecified atom stereocenters. The lowest BCUT2D eigenvalue weighted by Crippen LogP contribution is -2.29. The van der Waals surface area contributed by atoms with Crippen molar-refractivity contribution >= 4 is 46.9 Å². The number of esters is 1. The van der Waals surface area contributed by atoms with Gasteiger partial charge in [-0.3, -0.25) is 0 Å². The number of halogens is 2. The van der Waals surface area contributed by atoms with Crippen LogP contribution in [-0.2, 0) is 21.9 Å². The SMILES string of the molecule is CCOC(=O)C1=C(C)Nc2nc(SCc3ccccc3Cl)nn2C1c1cccc(OCc2ccccc2Cl)c1. The van der Waals surface area contributed by atoms with Crippen molar-refractivity contribution in [2.45, 2.75) is 37.4 Å². The van der Waals surface area contributed by atoms with E-state index in [1.54, 1.807) is 11.6 Å². The number of hydrogen-bond acceptors (Lipinski definition) is 7. The first kappa shape index (κ1) is 27.1. The molecule has 0 radical (unpaired) electrons. The molecule has 1 N–H and O–H groups in total. The van der Waals surface area contributed by atoms with Crippen LogP contribution in [0.25, 0.3) is 0 Å². The van der Waals surface area contributed by atoms with Crippen LogP contribution in [0.4, 0.5) is 5.95 Å². The number of rotatable bonds is 9. The van der Waals surface area contributed by atoms with Gasteiger partial charge in [-0.1, -0.05) is 83.5 Å². The summed E-state index contributed by atoms with van der Waals surface area (Å²) in [7, 11) is 0. The van der Waals surface area contributed by atoms with Crippen LogP contribution in [0, 0.1) is 0 Å². The van der Waals surface area contributed by atoms with E-state index in [0.29, 0.717) is 50.5 Å². The molecule has 0 fully saturated rings. The number of ether oxygens (including phenoxy) is 2. The first-order valence-corrected chi connectivity index (χ1v) is 14.1. The summed E-state index contributed by atoms with van der Waals surface area (Å²) in [4.78, 5) is 17.8. The summed E-state index contributed by atoms with van der Waals surface area (Å²) in [6.07, 6.45) is 0. The molecule has 10 heteroatoms. The van der Waals surface area contributed by atoms with Gasteiger partial charge in [-0.15, -0.1) is 5.10 Å². The van der Waals surface area contributed by atoms with Crippen LogP contribution in [-0.4, -0.2) is 27.3 Å². The number of allylic oxidation sites excluding steroid dienone is 1. The lowest BCUT2D eigenvalue weighted by atomic mass is 9.95. The molecule has 1 atom stereocenters. The minimum absolute atomic E-state index is 0.256.